The van der Waals surface area contributed by atoms with Gasteiger partial charge in [-0.25, -0.2) is 4.39 Å². The number of rotatable bonds is 3. The fourth-order valence-corrected chi connectivity index (χ4v) is 1.95. The molecule has 1 aromatic heterocycles. The van der Waals surface area contributed by atoms with Crippen LogP contribution in [0.25, 0.3) is 0 Å². The molecule has 1 unspecified atom stereocenters. The number of benzene rings is 1. The molecule has 0 bridgehead atoms. The lowest BCUT2D eigenvalue weighted by Gasteiger charge is -2.17. The number of hydrogen-bond donors (Lipinski definition) is 1. The van der Waals surface area contributed by atoms with E-state index >= 15 is 0 Å². The highest BCUT2D eigenvalue weighted by Crippen LogP contribution is 2.25. The maximum Gasteiger partial charge on any atom is 0.129 e. The SMILES string of the molecule is CNC(c1ccncc1)c1ccc(Cl)cc1F. The number of nitrogens with zero attached hydrogens (tertiary/aromatic N) is 1. The Bertz CT molecular complexity index is 502. The van der Waals surface area contributed by atoms with Gasteiger partial charge < -0.3 is 5.32 Å². The van der Waals surface area contributed by atoms with E-state index in [-0.39, 0.29) is 11.9 Å². The van der Waals surface area contributed by atoms with Crippen LogP contribution < -0.4 is 5.32 Å². The normalized spacial score (nSPS) is 12.4. The van der Waals surface area contributed by atoms with E-state index in [2.05, 4.69) is 10.3 Å². The van der Waals surface area contributed by atoms with Gasteiger partial charge in [0.25, 0.3) is 0 Å². The quantitative estimate of drug-likeness (QED) is 0.905. The molecule has 0 saturated heterocycles. The lowest BCUT2D eigenvalue weighted by molar-refractivity contribution is 0.576. The van der Waals surface area contributed by atoms with E-state index < -0.39 is 0 Å². The third-order valence-electron chi connectivity index (χ3n) is 2.60. The van der Waals surface area contributed by atoms with Crippen molar-refractivity contribution in [2.75, 3.05) is 7.05 Å². The van der Waals surface area contributed by atoms with Crippen LogP contribution in [-0.4, -0.2) is 12.0 Å². The molecule has 2 aromatic rings. The summed E-state index contributed by atoms with van der Waals surface area (Å²) in [5.41, 5.74) is 1.53. The van der Waals surface area contributed by atoms with Gasteiger partial charge in [0.05, 0.1) is 6.04 Å². The molecule has 4 heteroatoms. The van der Waals surface area contributed by atoms with Crippen LogP contribution in [0.4, 0.5) is 4.39 Å². The van der Waals surface area contributed by atoms with E-state index in [1.54, 1.807) is 31.6 Å². The lowest BCUT2D eigenvalue weighted by atomic mass is 9.99. The Morgan fingerprint density at radius 2 is 1.94 bits per heavy atom. The predicted molar refractivity (Wildman–Crippen MR) is 66.5 cm³/mol. The first kappa shape index (κ1) is 12.0. The fraction of sp³-hybridized carbons (Fsp3) is 0.154. The smallest absolute Gasteiger partial charge is 0.129 e. The molecule has 2 rings (SSSR count). The van der Waals surface area contributed by atoms with Crippen molar-refractivity contribution in [1.82, 2.24) is 10.3 Å². The van der Waals surface area contributed by atoms with Crippen molar-refractivity contribution in [2.45, 2.75) is 6.04 Å². The van der Waals surface area contributed by atoms with Crippen molar-refractivity contribution in [3.63, 3.8) is 0 Å². The second kappa shape index (κ2) is 5.25. The van der Waals surface area contributed by atoms with Crippen LogP contribution in [0.1, 0.15) is 17.2 Å². The minimum atomic E-state index is -0.311. The van der Waals surface area contributed by atoms with Gasteiger partial charge in [0.1, 0.15) is 5.82 Å². The summed E-state index contributed by atoms with van der Waals surface area (Å²) < 4.78 is 13.8. The second-order valence-electron chi connectivity index (χ2n) is 3.67. The summed E-state index contributed by atoms with van der Waals surface area (Å²) in [6, 6.07) is 8.22. The summed E-state index contributed by atoms with van der Waals surface area (Å²) >= 11 is 5.74. The molecular weight excluding hydrogens is 239 g/mol. The zero-order valence-corrected chi connectivity index (χ0v) is 10.1. The average Bonchev–Trinajstić information content (AvgIpc) is 2.34. The zero-order chi connectivity index (χ0) is 12.3. The third kappa shape index (κ3) is 2.62. The van der Waals surface area contributed by atoms with Crippen LogP contribution >= 0.6 is 11.6 Å². The number of aromatic nitrogens is 1. The van der Waals surface area contributed by atoms with Gasteiger partial charge in [0, 0.05) is 23.0 Å². The van der Waals surface area contributed by atoms with Gasteiger partial charge in [-0.15, -0.1) is 0 Å². The molecule has 0 amide bonds. The molecule has 0 spiro atoms. The Kier molecular flexibility index (Phi) is 3.71. The number of nitrogens with one attached hydrogen (secondary N) is 1. The minimum absolute atomic E-state index is 0.199. The molecule has 1 atom stereocenters. The topological polar surface area (TPSA) is 24.9 Å². The first-order chi connectivity index (χ1) is 8.22. The van der Waals surface area contributed by atoms with Crippen LogP contribution in [0.3, 0.4) is 0 Å². The van der Waals surface area contributed by atoms with E-state index in [0.29, 0.717) is 10.6 Å². The second-order valence-corrected chi connectivity index (χ2v) is 4.10. The maximum absolute atomic E-state index is 13.8. The summed E-state index contributed by atoms with van der Waals surface area (Å²) in [5, 5.41) is 3.48. The van der Waals surface area contributed by atoms with E-state index in [1.165, 1.54) is 6.07 Å². The van der Waals surface area contributed by atoms with Gasteiger partial charge in [-0.1, -0.05) is 17.7 Å². The number of halogens is 2. The summed E-state index contributed by atoms with van der Waals surface area (Å²) in [6.07, 6.45) is 3.38. The first-order valence-corrected chi connectivity index (χ1v) is 5.62. The van der Waals surface area contributed by atoms with Crippen LogP contribution in [-0.2, 0) is 0 Å². The first-order valence-electron chi connectivity index (χ1n) is 5.24. The molecule has 0 saturated carbocycles. The van der Waals surface area contributed by atoms with Crippen molar-refractivity contribution in [3.05, 3.63) is 64.7 Å². The Morgan fingerprint density at radius 3 is 2.53 bits per heavy atom. The molecule has 1 aromatic carbocycles. The van der Waals surface area contributed by atoms with Crippen molar-refractivity contribution < 1.29 is 4.39 Å². The van der Waals surface area contributed by atoms with Gasteiger partial charge in [0.15, 0.2) is 0 Å². The Hall–Kier alpha value is -1.45. The Balaban J connectivity index is 2.42. The Morgan fingerprint density at radius 1 is 1.24 bits per heavy atom. The van der Waals surface area contributed by atoms with Gasteiger partial charge in [0.2, 0.25) is 0 Å². The van der Waals surface area contributed by atoms with Crippen LogP contribution in [0, 0.1) is 5.82 Å². The molecule has 17 heavy (non-hydrogen) atoms. The van der Waals surface area contributed by atoms with E-state index in [4.69, 9.17) is 11.6 Å². The molecule has 1 heterocycles. The standard InChI is InChI=1S/C13H12ClFN2/c1-16-13(9-4-6-17-7-5-9)11-3-2-10(14)8-12(11)15/h2-8,13,16H,1H3. The van der Waals surface area contributed by atoms with Crippen molar-refractivity contribution in [1.29, 1.82) is 0 Å². The largest absolute Gasteiger partial charge is 0.309 e. The van der Waals surface area contributed by atoms with E-state index in [0.717, 1.165) is 5.56 Å². The Labute approximate surface area is 104 Å². The highest BCUT2D eigenvalue weighted by Gasteiger charge is 2.15. The van der Waals surface area contributed by atoms with Crippen molar-refractivity contribution in [3.8, 4) is 0 Å². The zero-order valence-electron chi connectivity index (χ0n) is 9.32. The fourth-order valence-electron chi connectivity index (χ4n) is 1.79. The summed E-state index contributed by atoms with van der Waals surface area (Å²) in [5.74, 6) is -0.311. The van der Waals surface area contributed by atoms with E-state index in [9.17, 15) is 4.39 Å². The van der Waals surface area contributed by atoms with Crippen LogP contribution in [0.5, 0.6) is 0 Å². The average molecular weight is 251 g/mol. The maximum atomic E-state index is 13.8. The molecule has 1 N–H and O–H groups in total. The number of pyridine rings is 1. The molecule has 0 aliphatic rings. The monoisotopic (exact) mass is 250 g/mol. The lowest BCUT2D eigenvalue weighted by Crippen LogP contribution is -2.18. The molecule has 0 radical (unpaired) electrons. The van der Waals surface area contributed by atoms with Crippen molar-refractivity contribution in [2.24, 2.45) is 0 Å². The van der Waals surface area contributed by atoms with Crippen LogP contribution in [0.15, 0.2) is 42.7 Å². The van der Waals surface area contributed by atoms with Gasteiger partial charge in [-0.2, -0.15) is 0 Å². The predicted octanol–water partition coefficient (Wildman–Crippen LogP) is 3.18. The molecule has 88 valence electrons. The number of hydrogen-bond acceptors (Lipinski definition) is 2. The molecule has 0 aliphatic carbocycles. The van der Waals surface area contributed by atoms with Crippen LogP contribution in [0.2, 0.25) is 5.02 Å². The summed E-state index contributed by atoms with van der Waals surface area (Å²) in [6.45, 7) is 0. The molecule has 2 nitrogen and oxygen atoms in total. The summed E-state index contributed by atoms with van der Waals surface area (Å²) in [4.78, 5) is 3.95. The van der Waals surface area contributed by atoms with Gasteiger partial charge in [-0.05, 0) is 36.9 Å². The molecule has 0 aliphatic heterocycles. The highest BCUT2D eigenvalue weighted by molar-refractivity contribution is 6.30. The molecule has 0 fully saturated rings. The third-order valence-corrected chi connectivity index (χ3v) is 2.84. The molecular formula is C13H12ClFN2. The van der Waals surface area contributed by atoms with Gasteiger partial charge in [-0.3, -0.25) is 4.98 Å². The van der Waals surface area contributed by atoms with Crippen molar-refractivity contribution >= 4 is 11.6 Å². The highest BCUT2D eigenvalue weighted by atomic mass is 35.5. The van der Waals surface area contributed by atoms with Gasteiger partial charge >= 0.3 is 0 Å². The van der Waals surface area contributed by atoms with E-state index in [1.807, 2.05) is 12.1 Å². The minimum Gasteiger partial charge on any atom is -0.309 e. The summed E-state index contributed by atoms with van der Waals surface area (Å²) in [7, 11) is 1.79.